The number of rotatable bonds is 6. The summed E-state index contributed by atoms with van der Waals surface area (Å²) < 4.78 is 4.89. The highest BCUT2D eigenvalue weighted by Gasteiger charge is 2.37. The maximum absolute atomic E-state index is 11.8. The highest BCUT2D eigenvalue weighted by atomic mass is 16.5. The summed E-state index contributed by atoms with van der Waals surface area (Å²) in [6, 6.07) is 2.96. The van der Waals surface area contributed by atoms with E-state index in [1.165, 1.54) is 12.3 Å². The van der Waals surface area contributed by atoms with E-state index >= 15 is 0 Å². The van der Waals surface area contributed by atoms with Gasteiger partial charge in [0.2, 0.25) is 11.7 Å². The third-order valence-corrected chi connectivity index (χ3v) is 2.50. The quantitative estimate of drug-likeness (QED) is 0.451. The molecular formula is C12H15NO5. The molecule has 18 heavy (non-hydrogen) atoms. The van der Waals surface area contributed by atoms with E-state index in [-0.39, 0.29) is 5.69 Å². The number of hydrogen-bond donors (Lipinski definition) is 2. The average Bonchev–Trinajstić information content (AvgIpc) is 2.81. The van der Waals surface area contributed by atoms with Gasteiger partial charge in [-0.3, -0.25) is 14.4 Å². The molecule has 2 atom stereocenters. The topological polar surface area (TPSA) is 96.5 Å². The third-order valence-electron chi connectivity index (χ3n) is 2.50. The van der Waals surface area contributed by atoms with Crippen molar-refractivity contribution in [3.05, 3.63) is 24.0 Å². The Morgan fingerprint density at radius 2 is 2.11 bits per heavy atom. The van der Waals surface area contributed by atoms with E-state index < -0.39 is 29.7 Å². The minimum Gasteiger partial charge on any atom is -0.480 e. The van der Waals surface area contributed by atoms with Gasteiger partial charge in [0.25, 0.3) is 0 Å². The fourth-order valence-corrected chi connectivity index (χ4v) is 1.31. The van der Waals surface area contributed by atoms with Gasteiger partial charge < -0.3 is 14.8 Å². The summed E-state index contributed by atoms with van der Waals surface area (Å²) in [5.74, 6) is -5.17. The van der Waals surface area contributed by atoms with Crippen LogP contribution in [0, 0.1) is 5.92 Å². The number of carbonyl (C=O) groups excluding carboxylic acids is 2. The molecule has 6 heteroatoms. The molecule has 0 spiro atoms. The molecule has 0 saturated carbocycles. The average molecular weight is 253 g/mol. The van der Waals surface area contributed by atoms with E-state index in [4.69, 9.17) is 9.84 Å². The number of ether oxygens (including phenoxy) is 1. The number of carboxylic acid groups (broad SMARTS) is 1. The second kappa shape index (κ2) is 6.00. The van der Waals surface area contributed by atoms with Gasteiger partial charge >= 0.3 is 11.9 Å². The first-order valence-electron chi connectivity index (χ1n) is 5.58. The Morgan fingerprint density at radius 1 is 1.44 bits per heavy atom. The minimum absolute atomic E-state index is 0.0727. The lowest BCUT2D eigenvalue weighted by molar-refractivity contribution is -0.159. The van der Waals surface area contributed by atoms with Crippen LogP contribution >= 0.6 is 0 Å². The van der Waals surface area contributed by atoms with Gasteiger partial charge in [-0.05, 0) is 25.5 Å². The molecule has 1 rings (SSSR count). The molecule has 0 bridgehead atoms. The summed E-state index contributed by atoms with van der Waals surface area (Å²) in [5, 5.41) is 8.96. The molecular weight excluding hydrogens is 238 g/mol. The first kappa shape index (κ1) is 14.0. The summed E-state index contributed by atoms with van der Waals surface area (Å²) in [7, 11) is 0. The van der Waals surface area contributed by atoms with Crippen molar-refractivity contribution in [2.75, 3.05) is 0 Å². The zero-order valence-electron chi connectivity index (χ0n) is 10.2. The van der Waals surface area contributed by atoms with E-state index in [2.05, 4.69) is 4.98 Å². The smallest absolute Gasteiger partial charge is 0.328 e. The summed E-state index contributed by atoms with van der Waals surface area (Å²) in [6.07, 6.45) is 1.61. The van der Waals surface area contributed by atoms with E-state index in [1.807, 2.05) is 0 Å². The Labute approximate surface area is 104 Å². The van der Waals surface area contributed by atoms with E-state index in [0.717, 1.165) is 0 Å². The van der Waals surface area contributed by atoms with Crippen LogP contribution in [0.1, 0.15) is 30.8 Å². The molecule has 98 valence electrons. The van der Waals surface area contributed by atoms with Crippen LogP contribution in [-0.2, 0) is 14.3 Å². The van der Waals surface area contributed by atoms with Crippen LogP contribution in [0.4, 0.5) is 0 Å². The molecule has 0 fully saturated rings. The number of nitrogens with one attached hydrogen (secondary N) is 1. The predicted octanol–water partition coefficient (Wildman–Crippen LogP) is 1.24. The molecule has 0 aromatic carbocycles. The number of carbonyl (C=O) groups is 3. The van der Waals surface area contributed by atoms with Gasteiger partial charge in [0.1, 0.15) is 0 Å². The SMILES string of the molecule is CCC(C)OC(=O)C(C(=O)O)C(=O)c1ccc[nH]1. The lowest BCUT2D eigenvalue weighted by Crippen LogP contribution is -2.35. The lowest BCUT2D eigenvalue weighted by atomic mass is 10.0. The Bertz CT molecular complexity index is 437. The maximum Gasteiger partial charge on any atom is 0.328 e. The molecule has 0 saturated heterocycles. The molecule has 6 nitrogen and oxygen atoms in total. The van der Waals surface area contributed by atoms with Gasteiger partial charge in [-0.1, -0.05) is 6.92 Å². The van der Waals surface area contributed by atoms with Gasteiger partial charge in [-0.25, -0.2) is 0 Å². The zero-order chi connectivity index (χ0) is 13.7. The number of ketones is 1. The van der Waals surface area contributed by atoms with Crippen molar-refractivity contribution in [1.29, 1.82) is 0 Å². The number of aliphatic carboxylic acids is 1. The zero-order valence-corrected chi connectivity index (χ0v) is 10.2. The molecule has 0 aliphatic rings. The molecule has 1 aromatic rings. The highest BCUT2D eigenvalue weighted by molar-refractivity contribution is 6.19. The fraction of sp³-hybridized carbons (Fsp3) is 0.417. The number of carboxylic acids is 1. The van der Waals surface area contributed by atoms with Crippen LogP contribution < -0.4 is 0 Å². The number of Topliss-reactive ketones (excluding diaryl/α,β-unsaturated/α-hetero) is 1. The number of esters is 1. The molecule has 2 N–H and O–H groups in total. The fourth-order valence-electron chi connectivity index (χ4n) is 1.31. The van der Waals surface area contributed by atoms with Gasteiger partial charge in [-0.2, -0.15) is 0 Å². The van der Waals surface area contributed by atoms with Crippen LogP contribution in [0.15, 0.2) is 18.3 Å². The second-order valence-corrected chi connectivity index (χ2v) is 3.88. The third kappa shape index (κ3) is 3.19. The van der Waals surface area contributed by atoms with Crippen LogP contribution in [0.5, 0.6) is 0 Å². The molecule has 1 aromatic heterocycles. The Hall–Kier alpha value is -2.11. The van der Waals surface area contributed by atoms with Crippen LogP contribution in [0.3, 0.4) is 0 Å². The first-order chi connectivity index (χ1) is 8.47. The van der Waals surface area contributed by atoms with Gasteiger partial charge in [-0.15, -0.1) is 0 Å². The Balaban J connectivity index is 2.86. The van der Waals surface area contributed by atoms with E-state index in [1.54, 1.807) is 19.9 Å². The van der Waals surface area contributed by atoms with Crippen LogP contribution in [-0.4, -0.2) is 33.9 Å². The van der Waals surface area contributed by atoms with Crippen molar-refractivity contribution in [1.82, 2.24) is 4.98 Å². The van der Waals surface area contributed by atoms with Gasteiger partial charge in [0, 0.05) is 6.20 Å². The van der Waals surface area contributed by atoms with Crippen molar-refractivity contribution in [3.63, 3.8) is 0 Å². The predicted molar refractivity (Wildman–Crippen MR) is 62.1 cm³/mol. The Kier molecular flexibility index (Phi) is 4.65. The van der Waals surface area contributed by atoms with Gasteiger partial charge in [0.05, 0.1) is 11.8 Å². The summed E-state index contributed by atoms with van der Waals surface area (Å²) >= 11 is 0. The van der Waals surface area contributed by atoms with E-state index in [9.17, 15) is 14.4 Å². The van der Waals surface area contributed by atoms with Crippen molar-refractivity contribution < 1.29 is 24.2 Å². The highest BCUT2D eigenvalue weighted by Crippen LogP contribution is 2.12. The molecule has 0 radical (unpaired) electrons. The largest absolute Gasteiger partial charge is 0.480 e. The molecule has 2 unspecified atom stereocenters. The van der Waals surface area contributed by atoms with Crippen molar-refractivity contribution in [3.8, 4) is 0 Å². The Morgan fingerprint density at radius 3 is 2.56 bits per heavy atom. The first-order valence-corrected chi connectivity index (χ1v) is 5.58. The van der Waals surface area contributed by atoms with Crippen LogP contribution in [0.2, 0.25) is 0 Å². The van der Waals surface area contributed by atoms with Gasteiger partial charge in [0.15, 0.2) is 0 Å². The maximum atomic E-state index is 11.8. The number of aromatic nitrogens is 1. The van der Waals surface area contributed by atoms with Crippen LogP contribution in [0.25, 0.3) is 0 Å². The molecule has 0 amide bonds. The van der Waals surface area contributed by atoms with E-state index in [0.29, 0.717) is 6.42 Å². The monoisotopic (exact) mass is 253 g/mol. The minimum atomic E-state index is -1.82. The molecule has 0 aliphatic heterocycles. The number of H-pyrrole nitrogens is 1. The number of hydrogen-bond acceptors (Lipinski definition) is 4. The summed E-state index contributed by atoms with van der Waals surface area (Å²) in [6.45, 7) is 3.43. The van der Waals surface area contributed by atoms with Crippen molar-refractivity contribution >= 4 is 17.7 Å². The molecule has 0 aliphatic carbocycles. The number of aromatic amines is 1. The molecule has 1 heterocycles. The van der Waals surface area contributed by atoms with Crippen molar-refractivity contribution in [2.45, 2.75) is 26.4 Å². The summed E-state index contributed by atoms with van der Waals surface area (Å²) in [4.78, 5) is 37.1. The normalized spacial score (nSPS) is 13.7. The van der Waals surface area contributed by atoms with Crippen molar-refractivity contribution in [2.24, 2.45) is 5.92 Å². The lowest BCUT2D eigenvalue weighted by Gasteiger charge is -2.14. The second-order valence-electron chi connectivity index (χ2n) is 3.88. The summed E-state index contributed by atoms with van der Waals surface area (Å²) in [5.41, 5.74) is 0.0727. The standard InChI is InChI=1S/C12H15NO5/c1-3-7(2)18-12(17)9(11(15)16)10(14)8-5-4-6-13-8/h4-7,9,13H,3H2,1-2H3,(H,15,16).